The fraction of sp³-hybridized carbons (Fsp3) is 0. The van der Waals surface area contributed by atoms with E-state index < -0.39 is 10.8 Å². The molecule has 8 heteroatoms. The molecule has 0 unspecified atom stereocenters. The molecule has 1 N–H and O–H groups in total. The van der Waals surface area contributed by atoms with Gasteiger partial charge < -0.3 is 9.73 Å². The van der Waals surface area contributed by atoms with Gasteiger partial charge >= 0.3 is 0 Å². The number of nitro groups is 1. The predicted molar refractivity (Wildman–Crippen MR) is 107 cm³/mol. The normalized spacial score (nSPS) is 10.9. The first-order valence-electron chi connectivity index (χ1n) is 8.00. The highest BCUT2D eigenvalue weighted by Crippen LogP contribution is 2.31. The SMILES string of the molecule is N#C/C(=C\c1ccc(-c2ccccc2[N+](=O)[O-])o1)C(=O)Nc1cccc(Br)c1. The lowest BCUT2D eigenvalue weighted by molar-refractivity contribution is -0.384. The van der Waals surface area contributed by atoms with Crippen molar-refractivity contribution < 1.29 is 14.1 Å². The maximum Gasteiger partial charge on any atom is 0.280 e. The van der Waals surface area contributed by atoms with Crippen LogP contribution in [-0.4, -0.2) is 10.8 Å². The summed E-state index contributed by atoms with van der Waals surface area (Å²) in [6.07, 6.45) is 1.28. The molecule has 0 spiro atoms. The summed E-state index contributed by atoms with van der Waals surface area (Å²) in [5.74, 6) is -0.0958. The van der Waals surface area contributed by atoms with Crippen LogP contribution >= 0.6 is 15.9 Å². The topological polar surface area (TPSA) is 109 Å². The fourth-order valence-corrected chi connectivity index (χ4v) is 2.87. The van der Waals surface area contributed by atoms with E-state index in [4.69, 9.17) is 4.42 Å². The quantitative estimate of drug-likeness (QED) is 0.256. The van der Waals surface area contributed by atoms with E-state index in [1.807, 2.05) is 12.1 Å². The van der Waals surface area contributed by atoms with E-state index in [0.717, 1.165) is 4.47 Å². The van der Waals surface area contributed by atoms with Crippen LogP contribution in [0.15, 0.2) is 75.1 Å². The number of anilines is 1. The summed E-state index contributed by atoms with van der Waals surface area (Å²) in [6, 6.07) is 18.0. The van der Waals surface area contributed by atoms with Gasteiger partial charge in [0.2, 0.25) is 0 Å². The number of nitrogens with one attached hydrogen (secondary N) is 1. The van der Waals surface area contributed by atoms with Gasteiger partial charge in [-0.1, -0.05) is 34.1 Å². The Balaban J connectivity index is 1.86. The molecule has 1 aromatic heterocycles. The van der Waals surface area contributed by atoms with E-state index in [1.165, 1.54) is 18.2 Å². The Hall–Kier alpha value is -3.70. The molecule has 3 rings (SSSR count). The van der Waals surface area contributed by atoms with Gasteiger partial charge in [-0.25, -0.2) is 0 Å². The summed E-state index contributed by atoms with van der Waals surface area (Å²) in [6.45, 7) is 0. The van der Waals surface area contributed by atoms with Gasteiger partial charge in [0.25, 0.3) is 11.6 Å². The Morgan fingerprint density at radius 3 is 2.68 bits per heavy atom. The van der Waals surface area contributed by atoms with Crippen LogP contribution in [0.2, 0.25) is 0 Å². The van der Waals surface area contributed by atoms with Crippen LogP contribution in [0, 0.1) is 21.4 Å². The molecule has 0 saturated carbocycles. The zero-order chi connectivity index (χ0) is 20.1. The number of carbonyl (C=O) groups excluding carboxylic acids is 1. The highest BCUT2D eigenvalue weighted by molar-refractivity contribution is 9.10. The molecular formula is C20H12BrN3O4. The van der Waals surface area contributed by atoms with Gasteiger partial charge in [-0.3, -0.25) is 14.9 Å². The number of amides is 1. The first-order valence-corrected chi connectivity index (χ1v) is 8.79. The lowest BCUT2D eigenvalue weighted by Gasteiger charge is -2.04. The maximum atomic E-state index is 12.3. The van der Waals surface area contributed by atoms with Crippen molar-refractivity contribution in [2.75, 3.05) is 5.32 Å². The molecule has 0 bridgehead atoms. The van der Waals surface area contributed by atoms with Gasteiger partial charge in [-0.05, 0) is 36.4 Å². The van der Waals surface area contributed by atoms with E-state index in [0.29, 0.717) is 11.3 Å². The minimum atomic E-state index is -0.593. The number of nitrogens with zero attached hydrogens (tertiary/aromatic N) is 2. The van der Waals surface area contributed by atoms with Crippen molar-refractivity contribution in [1.82, 2.24) is 0 Å². The average molecular weight is 438 g/mol. The average Bonchev–Trinajstić information content (AvgIpc) is 3.14. The molecule has 0 radical (unpaired) electrons. The zero-order valence-electron chi connectivity index (χ0n) is 14.3. The van der Waals surface area contributed by atoms with Crippen LogP contribution in [0.3, 0.4) is 0 Å². The number of hydrogen-bond donors (Lipinski definition) is 1. The molecule has 0 saturated heterocycles. The van der Waals surface area contributed by atoms with Gasteiger partial charge in [-0.15, -0.1) is 0 Å². The Kier molecular flexibility index (Phi) is 5.67. The van der Waals surface area contributed by atoms with Gasteiger partial charge in [0.1, 0.15) is 23.2 Å². The van der Waals surface area contributed by atoms with E-state index >= 15 is 0 Å². The lowest BCUT2D eigenvalue weighted by atomic mass is 10.1. The van der Waals surface area contributed by atoms with Crippen molar-refractivity contribution in [3.63, 3.8) is 0 Å². The number of furan rings is 1. The molecule has 7 nitrogen and oxygen atoms in total. The monoisotopic (exact) mass is 437 g/mol. The Bertz CT molecular complexity index is 1130. The van der Waals surface area contributed by atoms with Gasteiger partial charge in [-0.2, -0.15) is 5.26 Å². The molecule has 2 aromatic carbocycles. The van der Waals surface area contributed by atoms with Crippen molar-refractivity contribution in [3.8, 4) is 17.4 Å². The molecule has 0 aliphatic carbocycles. The van der Waals surface area contributed by atoms with Crippen LogP contribution in [-0.2, 0) is 4.79 Å². The Labute approximate surface area is 168 Å². The summed E-state index contributed by atoms with van der Waals surface area (Å²) in [5, 5.41) is 23.1. The largest absolute Gasteiger partial charge is 0.456 e. The highest BCUT2D eigenvalue weighted by Gasteiger charge is 2.17. The van der Waals surface area contributed by atoms with E-state index in [2.05, 4.69) is 21.2 Å². The number of benzene rings is 2. The van der Waals surface area contributed by atoms with Crippen molar-refractivity contribution >= 4 is 39.3 Å². The third kappa shape index (κ3) is 4.34. The maximum absolute atomic E-state index is 12.3. The molecule has 0 atom stereocenters. The summed E-state index contributed by atoms with van der Waals surface area (Å²) in [4.78, 5) is 23.0. The minimum Gasteiger partial charge on any atom is -0.456 e. The number of hydrogen-bond acceptors (Lipinski definition) is 5. The second-order valence-corrected chi connectivity index (χ2v) is 6.53. The second kappa shape index (κ2) is 8.33. The van der Waals surface area contributed by atoms with Crippen molar-refractivity contribution in [2.45, 2.75) is 0 Å². The number of para-hydroxylation sites is 1. The van der Waals surface area contributed by atoms with Crippen LogP contribution < -0.4 is 5.32 Å². The van der Waals surface area contributed by atoms with Crippen molar-refractivity contribution in [2.24, 2.45) is 0 Å². The van der Waals surface area contributed by atoms with E-state index in [1.54, 1.807) is 42.5 Å². The number of rotatable bonds is 5. The standard InChI is InChI=1S/C20H12BrN3O4/c21-14-4-3-5-15(11-14)23-20(25)13(12-22)10-16-8-9-19(28-16)17-6-1-2-7-18(17)24(26)27/h1-11H,(H,23,25)/b13-10+. The number of carbonyl (C=O) groups is 1. The first-order chi connectivity index (χ1) is 13.5. The van der Waals surface area contributed by atoms with Crippen LogP contribution in [0.1, 0.15) is 5.76 Å². The van der Waals surface area contributed by atoms with Gasteiger partial charge in [0.05, 0.1) is 10.5 Å². The van der Waals surface area contributed by atoms with E-state index in [9.17, 15) is 20.2 Å². The van der Waals surface area contributed by atoms with Crippen molar-refractivity contribution in [1.29, 1.82) is 5.26 Å². The minimum absolute atomic E-state index is 0.0970. The van der Waals surface area contributed by atoms with Gasteiger partial charge in [0, 0.05) is 22.3 Å². The van der Waals surface area contributed by atoms with Crippen LogP contribution in [0.5, 0.6) is 0 Å². The van der Waals surface area contributed by atoms with Gasteiger partial charge in [0.15, 0.2) is 0 Å². The number of nitro benzene ring substituents is 1. The Morgan fingerprint density at radius 2 is 1.96 bits per heavy atom. The third-order valence-corrected chi connectivity index (χ3v) is 4.22. The fourth-order valence-electron chi connectivity index (χ4n) is 2.47. The lowest BCUT2D eigenvalue weighted by Crippen LogP contribution is -2.13. The zero-order valence-corrected chi connectivity index (χ0v) is 15.8. The van der Waals surface area contributed by atoms with E-state index in [-0.39, 0.29) is 22.8 Å². The molecule has 1 heterocycles. The van der Waals surface area contributed by atoms with Crippen LogP contribution in [0.4, 0.5) is 11.4 Å². The molecule has 138 valence electrons. The molecule has 3 aromatic rings. The first kappa shape index (κ1) is 19.1. The predicted octanol–water partition coefficient (Wildman–Crippen LogP) is 5.16. The summed E-state index contributed by atoms with van der Waals surface area (Å²) in [5.41, 5.74) is 0.577. The second-order valence-electron chi connectivity index (χ2n) is 5.61. The summed E-state index contributed by atoms with van der Waals surface area (Å²) in [7, 11) is 0. The number of nitriles is 1. The summed E-state index contributed by atoms with van der Waals surface area (Å²) < 4.78 is 6.38. The van der Waals surface area contributed by atoms with Crippen molar-refractivity contribution in [3.05, 3.63) is 86.6 Å². The molecule has 0 aliphatic rings. The molecule has 0 fully saturated rings. The molecule has 28 heavy (non-hydrogen) atoms. The molecule has 0 aliphatic heterocycles. The smallest absolute Gasteiger partial charge is 0.280 e. The molecule has 1 amide bonds. The van der Waals surface area contributed by atoms with Crippen LogP contribution in [0.25, 0.3) is 17.4 Å². The number of halogens is 1. The Morgan fingerprint density at radius 1 is 1.18 bits per heavy atom. The third-order valence-electron chi connectivity index (χ3n) is 3.73. The summed E-state index contributed by atoms with van der Waals surface area (Å²) >= 11 is 3.31. The highest BCUT2D eigenvalue weighted by atomic mass is 79.9. The molecular weight excluding hydrogens is 426 g/mol.